The molecule has 3 aliphatic rings. The predicted molar refractivity (Wildman–Crippen MR) is 112 cm³/mol. The number of methoxy groups -OCH3 is 1. The Labute approximate surface area is 190 Å². The van der Waals surface area contributed by atoms with Gasteiger partial charge in [-0.2, -0.15) is 0 Å². The number of carbonyl (C=O) groups is 2. The van der Waals surface area contributed by atoms with Crippen LogP contribution in [0.4, 0.5) is 13.2 Å². The third kappa shape index (κ3) is 5.25. The number of hydrogen-bond donors (Lipinski definition) is 1. The molecule has 0 spiro atoms. The fourth-order valence-corrected chi connectivity index (χ4v) is 5.06. The summed E-state index contributed by atoms with van der Waals surface area (Å²) in [5.74, 6) is -1.20. The second-order valence-corrected chi connectivity index (χ2v) is 8.81. The van der Waals surface area contributed by atoms with E-state index in [1.54, 1.807) is 36.1 Å². The number of rotatable bonds is 5. The van der Waals surface area contributed by atoms with Gasteiger partial charge in [-0.1, -0.05) is 12.1 Å². The van der Waals surface area contributed by atoms with Gasteiger partial charge in [0.1, 0.15) is 18.1 Å². The minimum absolute atomic E-state index is 0.0652. The molecule has 1 aromatic rings. The smallest absolute Gasteiger partial charge is 0.406 e. The van der Waals surface area contributed by atoms with Gasteiger partial charge in [-0.3, -0.25) is 19.8 Å². The molecule has 3 saturated heterocycles. The summed E-state index contributed by atoms with van der Waals surface area (Å²) in [6.07, 6.45) is -2.20. The maximum Gasteiger partial charge on any atom is 0.573 e. The lowest BCUT2D eigenvalue weighted by atomic mass is 9.93. The van der Waals surface area contributed by atoms with E-state index in [-0.39, 0.29) is 30.2 Å². The van der Waals surface area contributed by atoms with E-state index < -0.39 is 18.2 Å². The van der Waals surface area contributed by atoms with E-state index in [2.05, 4.69) is 15.0 Å². The molecular formula is C22H29F3N4O4. The van der Waals surface area contributed by atoms with Crippen molar-refractivity contribution >= 4 is 11.8 Å². The molecular weight excluding hydrogens is 441 g/mol. The molecule has 0 radical (unpaired) electrons. The standard InChI is InChI=1S/C22H29F3N4O4/c1-27-17-7-8-18(32-2)26-19(17)29(21(31)20(27)30)15-9-11-28(12-10-15)13-14-3-5-16(6-4-14)33-22(23,24)25/h3-6,15,17-19,26H,7-13H2,1-2H3. The Morgan fingerprint density at radius 1 is 1.03 bits per heavy atom. The van der Waals surface area contributed by atoms with Crippen molar-refractivity contribution in [3.63, 3.8) is 0 Å². The van der Waals surface area contributed by atoms with Crippen LogP contribution in [0.1, 0.15) is 31.2 Å². The lowest BCUT2D eigenvalue weighted by molar-refractivity contribution is -0.274. The van der Waals surface area contributed by atoms with E-state index in [0.29, 0.717) is 32.5 Å². The molecule has 182 valence electrons. The molecule has 4 rings (SSSR count). The zero-order chi connectivity index (χ0) is 23.8. The van der Waals surface area contributed by atoms with Crippen molar-refractivity contribution < 1.29 is 32.2 Å². The summed E-state index contributed by atoms with van der Waals surface area (Å²) in [5, 5.41) is 3.39. The summed E-state index contributed by atoms with van der Waals surface area (Å²) in [5.41, 5.74) is 0.880. The highest BCUT2D eigenvalue weighted by atomic mass is 19.4. The Morgan fingerprint density at radius 3 is 2.30 bits per heavy atom. The van der Waals surface area contributed by atoms with Crippen LogP contribution in [0.5, 0.6) is 5.75 Å². The van der Waals surface area contributed by atoms with E-state index in [9.17, 15) is 22.8 Å². The molecule has 3 heterocycles. The molecule has 8 nitrogen and oxygen atoms in total. The number of benzene rings is 1. The number of halogens is 3. The normalized spacial score (nSPS) is 27.6. The lowest BCUT2D eigenvalue weighted by Crippen LogP contribution is -2.73. The number of nitrogens with one attached hydrogen (secondary N) is 1. The number of piperazine rings is 1. The highest BCUT2D eigenvalue weighted by Gasteiger charge is 2.49. The molecule has 0 aromatic heterocycles. The van der Waals surface area contributed by atoms with Gasteiger partial charge in [-0.25, -0.2) is 0 Å². The molecule has 1 N–H and O–H groups in total. The summed E-state index contributed by atoms with van der Waals surface area (Å²) >= 11 is 0. The van der Waals surface area contributed by atoms with Gasteiger partial charge in [0.25, 0.3) is 0 Å². The number of carbonyl (C=O) groups excluding carboxylic acids is 2. The third-order valence-corrected chi connectivity index (χ3v) is 6.78. The fraction of sp³-hybridized carbons (Fsp3) is 0.636. The van der Waals surface area contributed by atoms with Gasteiger partial charge in [0.15, 0.2) is 0 Å². The molecule has 1 aromatic carbocycles. The quantitative estimate of drug-likeness (QED) is 0.663. The highest BCUT2D eigenvalue weighted by molar-refractivity contribution is 6.35. The Hall–Kier alpha value is -2.37. The minimum atomic E-state index is -4.71. The number of ether oxygens (including phenoxy) is 2. The van der Waals surface area contributed by atoms with Crippen molar-refractivity contribution in [1.29, 1.82) is 0 Å². The van der Waals surface area contributed by atoms with Crippen LogP contribution in [0.25, 0.3) is 0 Å². The van der Waals surface area contributed by atoms with Crippen LogP contribution in [0, 0.1) is 0 Å². The molecule has 3 atom stereocenters. The van der Waals surface area contributed by atoms with Crippen molar-refractivity contribution in [2.45, 2.75) is 63.1 Å². The zero-order valence-electron chi connectivity index (χ0n) is 18.7. The predicted octanol–water partition coefficient (Wildman–Crippen LogP) is 1.90. The Morgan fingerprint density at radius 2 is 1.70 bits per heavy atom. The number of nitrogens with zero attached hydrogens (tertiary/aromatic N) is 3. The molecule has 11 heteroatoms. The Kier molecular flexibility index (Phi) is 6.83. The third-order valence-electron chi connectivity index (χ3n) is 6.78. The zero-order valence-corrected chi connectivity index (χ0v) is 18.7. The molecule has 2 amide bonds. The van der Waals surface area contributed by atoms with E-state index in [1.165, 1.54) is 12.1 Å². The van der Waals surface area contributed by atoms with Crippen molar-refractivity contribution in [3.8, 4) is 5.75 Å². The maximum absolute atomic E-state index is 12.9. The molecule has 0 saturated carbocycles. The van der Waals surface area contributed by atoms with E-state index in [1.807, 2.05) is 0 Å². The average Bonchev–Trinajstić information content (AvgIpc) is 2.79. The van der Waals surface area contributed by atoms with E-state index >= 15 is 0 Å². The number of piperidine rings is 2. The largest absolute Gasteiger partial charge is 0.573 e. The summed E-state index contributed by atoms with van der Waals surface area (Å²) in [7, 11) is 3.31. The van der Waals surface area contributed by atoms with Crippen LogP contribution in [-0.2, 0) is 20.9 Å². The van der Waals surface area contributed by atoms with Crippen molar-refractivity contribution in [1.82, 2.24) is 20.0 Å². The number of likely N-dealkylation sites (N-methyl/N-ethyl adjacent to an activating group) is 1. The Bertz CT molecular complexity index is 858. The van der Waals surface area contributed by atoms with Gasteiger partial charge >= 0.3 is 18.2 Å². The first-order valence-corrected chi connectivity index (χ1v) is 11.1. The SMILES string of the molecule is COC1CCC2C(N1)N(C1CCN(Cc3ccc(OC(F)(F)F)cc3)CC1)C(=O)C(=O)N2C. The first-order valence-electron chi connectivity index (χ1n) is 11.1. The van der Waals surface area contributed by atoms with Gasteiger partial charge < -0.3 is 19.3 Å². The van der Waals surface area contributed by atoms with Crippen molar-refractivity contribution in [2.75, 3.05) is 27.2 Å². The number of alkyl halides is 3. The second kappa shape index (κ2) is 9.47. The number of likely N-dealkylation sites (tertiary alicyclic amines) is 1. The minimum Gasteiger partial charge on any atom is -0.406 e. The lowest BCUT2D eigenvalue weighted by Gasteiger charge is -2.53. The van der Waals surface area contributed by atoms with E-state index in [0.717, 1.165) is 18.4 Å². The van der Waals surface area contributed by atoms with Gasteiger partial charge in [0, 0.05) is 39.8 Å². The first kappa shape index (κ1) is 23.8. The number of amides is 2. The van der Waals surface area contributed by atoms with Crippen LogP contribution < -0.4 is 10.1 Å². The van der Waals surface area contributed by atoms with Crippen LogP contribution in [0.15, 0.2) is 24.3 Å². The highest BCUT2D eigenvalue weighted by Crippen LogP contribution is 2.31. The molecule has 0 aliphatic carbocycles. The van der Waals surface area contributed by atoms with Gasteiger partial charge in [0.05, 0.1) is 6.04 Å². The summed E-state index contributed by atoms with van der Waals surface area (Å²) < 4.78 is 46.4. The molecule has 3 fully saturated rings. The fourth-order valence-electron chi connectivity index (χ4n) is 5.06. The Balaban J connectivity index is 1.37. The number of fused-ring (bicyclic) bond motifs is 1. The second-order valence-electron chi connectivity index (χ2n) is 8.81. The summed E-state index contributed by atoms with van der Waals surface area (Å²) in [6.45, 7) is 2.01. The first-order chi connectivity index (χ1) is 15.7. The van der Waals surface area contributed by atoms with Crippen LogP contribution in [0.2, 0.25) is 0 Å². The van der Waals surface area contributed by atoms with Crippen LogP contribution in [0.3, 0.4) is 0 Å². The molecule has 33 heavy (non-hydrogen) atoms. The van der Waals surface area contributed by atoms with Gasteiger partial charge in [-0.05, 0) is 43.4 Å². The summed E-state index contributed by atoms with van der Waals surface area (Å²) in [6, 6.07) is 5.71. The van der Waals surface area contributed by atoms with Crippen molar-refractivity contribution in [2.24, 2.45) is 0 Å². The monoisotopic (exact) mass is 470 g/mol. The van der Waals surface area contributed by atoms with Crippen LogP contribution in [-0.4, -0.2) is 84.6 Å². The number of hydrogen-bond acceptors (Lipinski definition) is 6. The molecule has 0 bridgehead atoms. The maximum atomic E-state index is 12.9. The van der Waals surface area contributed by atoms with Crippen molar-refractivity contribution in [3.05, 3.63) is 29.8 Å². The van der Waals surface area contributed by atoms with Gasteiger partial charge in [0.2, 0.25) is 0 Å². The average molecular weight is 470 g/mol. The molecule has 3 unspecified atom stereocenters. The van der Waals surface area contributed by atoms with E-state index in [4.69, 9.17) is 4.74 Å². The molecule has 3 aliphatic heterocycles. The topological polar surface area (TPSA) is 74.3 Å². The van der Waals surface area contributed by atoms with Gasteiger partial charge in [-0.15, -0.1) is 13.2 Å². The van der Waals surface area contributed by atoms with Crippen LogP contribution >= 0.6 is 0 Å². The summed E-state index contributed by atoms with van der Waals surface area (Å²) in [4.78, 5) is 31.0.